The van der Waals surface area contributed by atoms with Crippen molar-refractivity contribution in [2.24, 2.45) is 11.1 Å². The lowest BCUT2D eigenvalue weighted by atomic mass is 9.74. The van der Waals surface area contributed by atoms with Gasteiger partial charge in [-0.1, -0.05) is 44.2 Å². The van der Waals surface area contributed by atoms with Gasteiger partial charge in [0, 0.05) is 37.8 Å². The minimum atomic E-state index is -0.183. The van der Waals surface area contributed by atoms with Crippen LogP contribution in [0.25, 0.3) is 0 Å². The van der Waals surface area contributed by atoms with Crippen LogP contribution in [0.15, 0.2) is 30.3 Å². The Bertz CT molecular complexity index is 447. The molecule has 3 heteroatoms. The highest BCUT2D eigenvalue weighted by Crippen LogP contribution is 2.34. The summed E-state index contributed by atoms with van der Waals surface area (Å²) in [5, 5.41) is 0. The van der Waals surface area contributed by atoms with Crippen LogP contribution in [0.2, 0.25) is 0 Å². The lowest BCUT2D eigenvalue weighted by Gasteiger charge is -2.47. The van der Waals surface area contributed by atoms with Gasteiger partial charge in [0.1, 0.15) is 0 Å². The molecule has 0 aromatic heterocycles. The second-order valence-electron chi connectivity index (χ2n) is 7.76. The van der Waals surface area contributed by atoms with E-state index in [0.717, 1.165) is 26.2 Å². The maximum absolute atomic E-state index is 6.40. The molecule has 0 radical (unpaired) electrons. The molecule has 2 rings (SSSR count). The van der Waals surface area contributed by atoms with E-state index in [1.165, 1.54) is 5.56 Å². The van der Waals surface area contributed by atoms with Crippen molar-refractivity contribution in [1.29, 1.82) is 0 Å². The number of benzene rings is 1. The van der Waals surface area contributed by atoms with Crippen LogP contribution in [-0.2, 0) is 0 Å². The van der Waals surface area contributed by atoms with Crippen molar-refractivity contribution in [3.8, 4) is 0 Å². The Morgan fingerprint density at radius 2 is 1.71 bits per heavy atom. The van der Waals surface area contributed by atoms with Gasteiger partial charge < -0.3 is 10.6 Å². The van der Waals surface area contributed by atoms with Gasteiger partial charge in [-0.2, -0.15) is 0 Å². The van der Waals surface area contributed by atoms with Crippen LogP contribution < -0.4 is 5.73 Å². The van der Waals surface area contributed by atoms with Gasteiger partial charge in [0.05, 0.1) is 0 Å². The normalized spacial score (nSPS) is 22.5. The van der Waals surface area contributed by atoms with Crippen LogP contribution in [0.5, 0.6) is 0 Å². The molecule has 1 aliphatic heterocycles. The molecule has 1 unspecified atom stereocenters. The van der Waals surface area contributed by atoms with Crippen molar-refractivity contribution in [2.75, 3.05) is 33.2 Å². The van der Waals surface area contributed by atoms with E-state index in [1.807, 2.05) is 0 Å². The van der Waals surface area contributed by atoms with E-state index in [-0.39, 0.29) is 11.0 Å². The molecule has 0 amide bonds. The Kier molecular flexibility index (Phi) is 4.76. The lowest BCUT2D eigenvalue weighted by molar-refractivity contribution is 0.0338. The average molecular weight is 289 g/mol. The van der Waals surface area contributed by atoms with Gasteiger partial charge in [-0.15, -0.1) is 0 Å². The second-order valence-corrected chi connectivity index (χ2v) is 7.76. The molecular weight excluding hydrogens is 258 g/mol. The average Bonchev–Trinajstić information content (AvgIpc) is 2.40. The molecule has 1 atom stereocenters. The minimum Gasteiger partial charge on any atom is -0.325 e. The Morgan fingerprint density at radius 3 is 2.29 bits per heavy atom. The monoisotopic (exact) mass is 289 g/mol. The molecule has 0 saturated carbocycles. The third-order valence-electron chi connectivity index (χ3n) is 5.22. The van der Waals surface area contributed by atoms with Crippen molar-refractivity contribution < 1.29 is 0 Å². The van der Waals surface area contributed by atoms with E-state index in [9.17, 15) is 0 Å². The van der Waals surface area contributed by atoms with E-state index in [0.29, 0.717) is 6.04 Å². The van der Waals surface area contributed by atoms with Crippen molar-refractivity contribution >= 4 is 0 Å². The van der Waals surface area contributed by atoms with Crippen LogP contribution in [-0.4, -0.2) is 48.6 Å². The number of nitrogens with two attached hydrogens (primary N) is 1. The van der Waals surface area contributed by atoms with E-state index in [2.05, 4.69) is 74.9 Å². The van der Waals surface area contributed by atoms with Crippen LogP contribution >= 0.6 is 0 Å². The number of nitrogens with zero attached hydrogens (tertiary/aromatic N) is 2. The van der Waals surface area contributed by atoms with Crippen molar-refractivity contribution in [2.45, 2.75) is 39.3 Å². The van der Waals surface area contributed by atoms with Gasteiger partial charge in [0.15, 0.2) is 0 Å². The molecule has 1 aromatic rings. The fourth-order valence-electron chi connectivity index (χ4n) is 2.85. The lowest BCUT2D eigenvalue weighted by Crippen LogP contribution is -2.56. The molecule has 1 aliphatic rings. The van der Waals surface area contributed by atoms with E-state index in [1.54, 1.807) is 0 Å². The van der Waals surface area contributed by atoms with Gasteiger partial charge in [-0.3, -0.25) is 4.90 Å². The summed E-state index contributed by atoms with van der Waals surface area (Å²) in [5.41, 5.74) is 7.71. The van der Waals surface area contributed by atoms with Crippen LogP contribution in [0, 0.1) is 5.41 Å². The fraction of sp³-hybridized carbons (Fsp3) is 0.667. The smallest absolute Gasteiger partial charge is 0.0475 e. The SMILES string of the molecule is CN1CCN(CC(C)(C)C(C)(C)N)C(c2ccccc2)C1. The summed E-state index contributed by atoms with van der Waals surface area (Å²) in [6.45, 7) is 13.2. The summed E-state index contributed by atoms with van der Waals surface area (Å²) in [7, 11) is 2.21. The van der Waals surface area contributed by atoms with E-state index in [4.69, 9.17) is 5.73 Å². The molecule has 21 heavy (non-hydrogen) atoms. The standard InChI is InChI=1S/C18H31N3/c1-17(2,18(3,4)19)14-21-12-11-20(5)13-16(21)15-9-7-6-8-10-15/h6-10,16H,11-14,19H2,1-5H3. The third-order valence-corrected chi connectivity index (χ3v) is 5.22. The van der Waals surface area contributed by atoms with Crippen molar-refractivity contribution in [1.82, 2.24) is 9.80 Å². The summed E-state index contributed by atoms with van der Waals surface area (Å²) >= 11 is 0. The topological polar surface area (TPSA) is 32.5 Å². The molecular formula is C18H31N3. The number of likely N-dealkylation sites (N-methyl/N-ethyl adjacent to an activating group) is 1. The van der Waals surface area contributed by atoms with Crippen LogP contribution in [0.4, 0.5) is 0 Å². The van der Waals surface area contributed by atoms with Gasteiger partial charge in [-0.05, 0) is 31.9 Å². The highest BCUT2D eigenvalue weighted by atomic mass is 15.3. The predicted octanol–water partition coefficient (Wildman–Crippen LogP) is 2.74. The third kappa shape index (κ3) is 3.85. The molecule has 2 N–H and O–H groups in total. The molecule has 1 fully saturated rings. The zero-order valence-corrected chi connectivity index (χ0v) is 14.3. The van der Waals surface area contributed by atoms with E-state index >= 15 is 0 Å². The molecule has 3 nitrogen and oxygen atoms in total. The number of hydrogen-bond acceptors (Lipinski definition) is 3. The highest BCUT2D eigenvalue weighted by molar-refractivity contribution is 5.20. The Labute approximate surface area is 130 Å². The summed E-state index contributed by atoms with van der Waals surface area (Å²) in [6, 6.07) is 11.3. The fourth-order valence-corrected chi connectivity index (χ4v) is 2.85. The van der Waals surface area contributed by atoms with Crippen molar-refractivity contribution in [3.63, 3.8) is 0 Å². The molecule has 1 saturated heterocycles. The first-order chi connectivity index (χ1) is 9.71. The number of rotatable bonds is 4. The molecule has 0 bridgehead atoms. The maximum Gasteiger partial charge on any atom is 0.0475 e. The van der Waals surface area contributed by atoms with Gasteiger partial charge in [0.2, 0.25) is 0 Å². The largest absolute Gasteiger partial charge is 0.325 e. The van der Waals surface area contributed by atoms with Gasteiger partial charge in [0.25, 0.3) is 0 Å². The zero-order chi connectivity index (χ0) is 15.7. The Balaban J connectivity index is 2.20. The Hall–Kier alpha value is -0.900. The van der Waals surface area contributed by atoms with Crippen molar-refractivity contribution in [3.05, 3.63) is 35.9 Å². The van der Waals surface area contributed by atoms with Gasteiger partial charge in [-0.25, -0.2) is 0 Å². The summed E-state index contributed by atoms with van der Waals surface area (Å²) in [5.74, 6) is 0. The molecule has 0 aliphatic carbocycles. The number of piperazine rings is 1. The van der Waals surface area contributed by atoms with E-state index < -0.39 is 0 Å². The van der Waals surface area contributed by atoms with Crippen LogP contribution in [0.1, 0.15) is 39.3 Å². The minimum absolute atomic E-state index is 0.0793. The zero-order valence-electron chi connectivity index (χ0n) is 14.3. The second kappa shape index (κ2) is 6.07. The summed E-state index contributed by atoms with van der Waals surface area (Å²) in [4.78, 5) is 5.04. The Morgan fingerprint density at radius 1 is 1.10 bits per heavy atom. The summed E-state index contributed by atoms with van der Waals surface area (Å²) < 4.78 is 0. The quantitative estimate of drug-likeness (QED) is 0.925. The molecule has 118 valence electrons. The summed E-state index contributed by atoms with van der Waals surface area (Å²) in [6.07, 6.45) is 0. The highest BCUT2D eigenvalue weighted by Gasteiger charge is 2.38. The predicted molar refractivity (Wildman–Crippen MR) is 90.3 cm³/mol. The molecule has 0 spiro atoms. The first-order valence-electron chi connectivity index (χ1n) is 7.97. The maximum atomic E-state index is 6.40. The first kappa shape index (κ1) is 16.5. The number of hydrogen-bond donors (Lipinski definition) is 1. The first-order valence-corrected chi connectivity index (χ1v) is 7.97. The molecule has 1 aromatic carbocycles. The van der Waals surface area contributed by atoms with Gasteiger partial charge >= 0.3 is 0 Å². The molecule has 1 heterocycles. The van der Waals surface area contributed by atoms with Crippen LogP contribution in [0.3, 0.4) is 0 Å².